The van der Waals surface area contributed by atoms with Crippen LogP contribution in [0.2, 0.25) is 5.02 Å². The van der Waals surface area contributed by atoms with Gasteiger partial charge < -0.3 is 9.47 Å². The Balaban J connectivity index is 1.82. The molecule has 0 bridgehead atoms. The van der Waals surface area contributed by atoms with Crippen molar-refractivity contribution in [1.29, 1.82) is 0 Å². The van der Waals surface area contributed by atoms with Crippen LogP contribution in [0, 0.1) is 6.92 Å². The Kier molecular flexibility index (Phi) is 3.19. The number of pyridine rings is 1. The van der Waals surface area contributed by atoms with Crippen molar-refractivity contribution in [3.8, 4) is 11.1 Å². The molecule has 3 heterocycles. The van der Waals surface area contributed by atoms with E-state index in [2.05, 4.69) is 15.6 Å². The summed E-state index contributed by atoms with van der Waals surface area (Å²) in [6.45, 7) is 3.65. The molecular weight excluding hydrogens is 334 g/mol. The first-order valence-electron chi connectivity index (χ1n) is 8.70. The van der Waals surface area contributed by atoms with Crippen molar-refractivity contribution in [1.82, 2.24) is 14.5 Å². The number of halogens is 1. The Hall–Kier alpha value is -2.33. The first-order chi connectivity index (χ1) is 12.1. The van der Waals surface area contributed by atoms with Gasteiger partial charge in [0.1, 0.15) is 5.69 Å². The van der Waals surface area contributed by atoms with E-state index in [1.807, 2.05) is 36.1 Å². The molecule has 126 valence electrons. The molecule has 3 aromatic rings. The molecule has 1 aromatic carbocycles. The summed E-state index contributed by atoms with van der Waals surface area (Å²) in [6.07, 6.45) is 4.05. The number of aryl methyl sites for hydroxylation is 1. The molecule has 0 unspecified atom stereocenters. The summed E-state index contributed by atoms with van der Waals surface area (Å²) >= 11 is 6.15. The number of fused-ring (bicyclic) bond motifs is 3. The van der Waals surface area contributed by atoms with Gasteiger partial charge in [-0.1, -0.05) is 17.7 Å². The lowest BCUT2D eigenvalue weighted by molar-refractivity contribution is 0.0694. The summed E-state index contributed by atoms with van der Waals surface area (Å²) < 4.78 is 2.15. The molecule has 5 rings (SSSR count). The highest BCUT2D eigenvalue weighted by molar-refractivity contribution is 6.30. The van der Waals surface area contributed by atoms with Gasteiger partial charge in [0.05, 0.1) is 11.0 Å². The SMILES string of the molecule is Cc1cc(Cl)ccc1-c1c2n(c3cccnc13)CCN(C1CC1)C2=O. The van der Waals surface area contributed by atoms with Crippen molar-refractivity contribution < 1.29 is 4.79 Å². The molecule has 25 heavy (non-hydrogen) atoms. The smallest absolute Gasteiger partial charge is 0.271 e. The van der Waals surface area contributed by atoms with E-state index in [0.717, 1.165) is 59.3 Å². The maximum absolute atomic E-state index is 13.3. The van der Waals surface area contributed by atoms with E-state index in [1.54, 1.807) is 6.20 Å². The fourth-order valence-corrected chi connectivity index (χ4v) is 4.20. The highest BCUT2D eigenvalue weighted by Crippen LogP contribution is 2.40. The minimum Gasteiger partial charge on any atom is -0.333 e. The number of rotatable bonds is 2. The van der Waals surface area contributed by atoms with Crippen LogP contribution in [0.25, 0.3) is 22.2 Å². The summed E-state index contributed by atoms with van der Waals surface area (Å²) in [4.78, 5) is 20.0. The Labute approximate surface area is 151 Å². The summed E-state index contributed by atoms with van der Waals surface area (Å²) in [5.74, 6) is 0.135. The van der Waals surface area contributed by atoms with Crippen LogP contribution in [0.5, 0.6) is 0 Å². The molecule has 2 aromatic heterocycles. The predicted molar refractivity (Wildman–Crippen MR) is 99.0 cm³/mol. The van der Waals surface area contributed by atoms with Crippen LogP contribution in [0.1, 0.15) is 28.9 Å². The van der Waals surface area contributed by atoms with Crippen molar-refractivity contribution in [3.63, 3.8) is 0 Å². The van der Waals surface area contributed by atoms with Crippen LogP contribution >= 0.6 is 11.6 Å². The van der Waals surface area contributed by atoms with Gasteiger partial charge in [0, 0.05) is 35.9 Å². The third-order valence-corrected chi connectivity index (χ3v) is 5.53. The first kappa shape index (κ1) is 15.0. The predicted octanol–water partition coefficient (Wildman–Crippen LogP) is 4.28. The first-order valence-corrected chi connectivity index (χ1v) is 9.07. The summed E-state index contributed by atoms with van der Waals surface area (Å²) in [7, 11) is 0. The average molecular weight is 352 g/mol. The molecule has 0 saturated heterocycles. The molecule has 1 aliphatic heterocycles. The topological polar surface area (TPSA) is 38.1 Å². The molecule has 0 N–H and O–H groups in total. The number of aromatic nitrogens is 2. The Morgan fingerprint density at radius 1 is 1.20 bits per heavy atom. The zero-order chi connectivity index (χ0) is 17.1. The van der Waals surface area contributed by atoms with Crippen LogP contribution in [0.15, 0.2) is 36.5 Å². The zero-order valence-electron chi connectivity index (χ0n) is 14.0. The maximum atomic E-state index is 13.3. The lowest BCUT2D eigenvalue weighted by Crippen LogP contribution is -2.41. The number of hydrogen-bond donors (Lipinski definition) is 0. The Morgan fingerprint density at radius 3 is 2.80 bits per heavy atom. The Morgan fingerprint density at radius 2 is 2.04 bits per heavy atom. The van der Waals surface area contributed by atoms with Gasteiger partial charge in [0.2, 0.25) is 0 Å². The largest absolute Gasteiger partial charge is 0.333 e. The monoisotopic (exact) mass is 351 g/mol. The minimum atomic E-state index is 0.135. The molecule has 4 nitrogen and oxygen atoms in total. The number of amides is 1. The fourth-order valence-electron chi connectivity index (χ4n) is 3.97. The van der Waals surface area contributed by atoms with Crippen molar-refractivity contribution in [2.45, 2.75) is 32.4 Å². The van der Waals surface area contributed by atoms with E-state index < -0.39 is 0 Å². The van der Waals surface area contributed by atoms with Gasteiger partial charge >= 0.3 is 0 Å². The Bertz CT molecular complexity index is 1020. The maximum Gasteiger partial charge on any atom is 0.271 e. The van der Waals surface area contributed by atoms with Gasteiger partial charge in [-0.05, 0) is 55.2 Å². The minimum absolute atomic E-state index is 0.135. The number of hydrogen-bond acceptors (Lipinski definition) is 2. The van der Waals surface area contributed by atoms with Crippen LogP contribution in [0.4, 0.5) is 0 Å². The van der Waals surface area contributed by atoms with E-state index in [0.29, 0.717) is 11.1 Å². The van der Waals surface area contributed by atoms with E-state index in [-0.39, 0.29) is 5.91 Å². The number of nitrogens with zero attached hydrogens (tertiary/aromatic N) is 3. The molecule has 0 spiro atoms. The van der Waals surface area contributed by atoms with Crippen molar-refractivity contribution >= 4 is 28.5 Å². The highest BCUT2D eigenvalue weighted by atomic mass is 35.5. The average Bonchev–Trinajstić information content (AvgIpc) is 3.38. The molecular formula is C20H18ClN3O. The van der Waals surface area contributed by atoms with Gasteiger partial charge in [-0.15, -0.1) is 0 Å². The second-order valence-corrected chi connectivity index (χ2v) is 7.37. The molecule has 2 aliphatic rings. The van der Waals surface area contributed by atoms with Gasteiger partial charge in [-0.3, -0.25) is 9.78 Å². The molecule has 1 fully saturated rings. The van der Waals surface area contributed by atoms with Gasteiger partial charge in [-0.25, -0.2) is 0 Å². The molecule has 1 saturated carbocycles. The number of carbonyl (C=O) groups is 1. The van der Waals surface area contributed by atoms with Gasteiger partial charge in [-0.2, -0.15) is 0 Å². The summed E-state index contributed by atoms with van der Waals surface area (Å²) in [5, 5.41) is 0.706. The fraction of sp³-hybridized carbons (Fsp3) is 0.300. The summed E-state index contributed by atoms with van der Waals surface area (Å²) in [6, 6.07) is 10.3. The van der Waals surface area contributed by atoms with E-state index in [9.17, 15) is 4.79 Å². The van der Waals surface area contributed by atoms with Crippen LogP contribution in [-0.4, -0.2) is 32.9 Å². The molecule has 0 atom stereocenters. The lowest BCUT2D eigenvalue weighted by atomic mass is 9.98. The quantitative estimate of drug-likeness (QED) is 0.691. The van der Waals surface area contributed by atoms with Crippen molar-refractivity contribution in [2.75, 3.05) is 6.54 Å². The molecule has 1 aliphatic carbocycles. The third-order valence-electron chi connectivity index (χ3n) is 5.29. The van der Waals surface area contributed by atoms with Gasteiger partial charge in [0.25, 0.3) is 5.91 Å². The van der Waals surface area contributed by atoms with Crippen LogP contribution in [-0.2, 0) is 6.54 Å². The number of benzene rings is 1. The van der Waals surface area contributed by atoms with Gasteiger partial charge in [0.15, 0.2) is 0 Å². The van der Waals surface area contributed by atoms with E-state index in [4.69, 9.17) is 11.6 Å². The lowest BCUT2D eigenvalue weighted by Gasteiger charge is -2.29. The molecule has 5 heteroatoms. The highest BCUT2D eigenvalue weighted by Gasteiger charge is 2.39. The van der Waals surface area contributed by atoms with E-state index >= 15 is 0 Å². The molecule has 0 radical (unpaired) electrons. The third kappa shape index (κ3) is 2.20. The zero-order valence-corrected chi connectivity index (χ0v) is 14.8. The summed E-state index contributed by atoms with van der Waals surface area (Å²) in [5.41, 5.74) is 5.75. The molecule has 1 amide bonds. The van der Waals surface area contributed by atoms with Crippen molar-refractivity contribution in [2.24, 2.45) is 0 Å². The van der Waals surface area contributed by atoms with Crippen LogP contribution in [0.3, 0.4) is 0 Å². The normalized spacial score (nSPS) is 17.2. The van der Waals surface area contributed by atoms with Crippen LogP contribution < -0.4 is 0 Å². The standard InChI is InChI=1S/C20H18ClN3O/c1-12-11-13(21)4-7-15(12)17-18-16(3-2-8-22-18)24-10-9-23(14-5-6-14)20(25)19(17)24/h2-4,7-8,11,14H,5-6,9-10H2,1H3. The van der Waals surface area contributed by atoms with E-state index in [1.165, 1.54) is 0 Å². The second-order valence-electron chi connectivity index (χ2n) is 6.94. The second kappa shape index (κ2) is 5.33. The van der Waals surface area contributed by atoms with Crippen molar-refractivity contribution in [3.05, 3.63) is 52.8 Å². The number of carbonyl (C=O) groups excluding carboxylic acids is 1.